The van der Waals surface area contributed by atoms with Gasteiger partial charge in [-0.25, -0.2) is 0 Å². The molecular weight excluding hydrogens is 448 g/mol. The molecule has 1 saturated heterocycles. The van der Waals surface area contributed by atoms with E-state index in [1.807, 2.05) is 13.8 Å². The lowest BCUT2D eigenvalue weighted by Gasteiger charge is -2.60. The minimum absolute atomic E-state index is 0.0422. The van der Waals surface area contributed by atoms with Crippen molar-refractivity contribution in [3.05, 3.63) is 22.4 Å². The Kier molecular flexibility index (Phi) is 5.97. The first-order chi connectivity index (χ1) is 15.5. The van der Waals surface area contributed by atoms with E-state index < -0.39 is 58.7 Å². The molecule has 0 amide bonds. The Labute approximate surface area is 196 Å². The van der Waals surface area contributed by atoms with E-state index in [0.717, 1.165) is 0 Å². The predicted octanol–water partition coefficient (Wildman–Crippen LogP) is 2.98. The van der Waals surface area contributed by atoms with Gasteiger partial charge >= 0.3 is 17.9 Å². The van der Waals surface area contributed by atoms with Gasteiger partial charge in [0.15, 0.2) is 18.0 Å². The molecule has 0 aromatic carbocycles. The molecular formula is C24H28O8S. The number of ether oxygens (including phenoxy) is 3. The van der Waals surface area contributed by atoms with E-state index in [0.29, 0.717) is 18.4 Å². The van der Waals surface area contributed by atoms with Gasteiger partial charge in [-0.3, -0.25) is 24.0 Å². The molecule has 7 atom stereocenters. The van der Waals surface area contributed by atoms with E-state index in [-0.39, 0.29) is 24.4 Å². The average molecular weight is 477 g/mol. The van der Waals surface area contributed by atoms with Crippen molar-refractivity contribution < 1.29 is 38.2 Å². The van der Waals surface area contributed by atoms with Crippen LogP contribution in [-0.4, -0.2) is 48.8 Å². The third kappa shape index (κ3) is 3.70. The molecule has 2 heterocycles. The number of fused-ring (bicyclic) bond motifs is 3. The molecule has 4 rings (SSSR count). The number of thiophene rings is 1. The second-order valence-electron chi connectivity index (χ2n) is 9.85. The lowest BCUT2D eigenvalue weighted by atomic mass is 9.43. The van der Waals surface area contributed by atoms with Gasteiger partial charge in [-0.05, 0) is 41.5 Å². The Morgan fingerprint density at radius 3 is 2.52 bits per heavy atom. The van der Waals surface area contributed by atoms with E-state index in [1.54, 1.807) is 16.8 Å². The summed E-state index contributed by atoms with van der Waals surface area (Å²) in [6.45, 7) is 4.92. The number of hydrogen-bond donors (Lipinski definition) is 0. The fraction of sp³-hybridized carbons (Fsp3) is 0.625. The van der Waals surface area contributed by atoms with Crippen LogP contribution in [0.3, 0.4) is 0 Å². The maximum atomic E-state index is 13.8. The van der Waals surface area contributed by atoms with Crippen LogP contribution in [0.1, 0.15) is 56.8 Å². The summed E-state index contributed by atoms with van der Waals surface area (Å²) >= 11 is 1.37. The Bertz CT molecular complexity index is 1000. The predicted molar refractivity (Wildman–Crippen MR) is 116 cm³/mol. The van der Waals surface area contributed by atoms with Crippen molar-refractivity contribution >= 4 is 40.8 Å². The van der Waals surface area contributed by atoms with E-state index in [1.165, 1.54) is 25.4 Å². The zero-order chi connectivity index (χ0) is 24.1. The van der Waals surface area contributed by atoms with Gasteiger partial charge in [0.1, 0.15) is 0 Å². The first-order valence-electron chi connectivity index (χ1n) is 11.1. The number of Topliss-reactive ketones (excluding diaryl/α,β-unsaturated/α-hetero) is 2. The molecule has 1 aliphatic heterocycles. The molecule has 3 aliphatic rings. The van der Waals surface area contributed by atoms with Crippen molar-refractivity contribution in [1.29, 1.82) is 0 Å². The average Bonchev–Trinajstić information content (AvgIpc) is 3.28. The summed E-state index contributed by atoms with van der Waals surface area (Å²) in [5.41, 5.74) is -1.29. The molecule has 33 heavy (non-hydrogen) atoms. The molecule has 3 fully saturated rings. The molecule has 0 radical (unpaired) electrons. The summed E-state index contributed by atoms with van der Waals surface area (Å²) in [6.07, 6.45) is -1.06. The minimum atomic E-state index is -1.11. The molecule has 1 aromatic rings. The summed E-state index contributed by atoms with van der Waals surface area (Å²) in [4.78, 5) is 64.4. The molecule has 1 aromatic heterocycles. The van der Waals surface area contributed by atoms with E-state index >= 15 is 0 Å². The Morgan fingerprint density at radius 1 is 1.18 bits per heavy atom. The first-order valence-corrected chi connectivity index (χ1v) is 12.0. The normalized spacial score (nSPS) is 37.9. The van der Waals surface area contributed by atoms with Gasteiger partial charge in [-0.15, -0.1) is 0 Å². The fourth-order valence-electron chi connectivity index (χ4n) is 6.56. The number of carbonyl (C=O) groups excluding carboxylic acids is 5. The Morgan fingerprint density at radius 2 is 1.91 bits per heavy atom. The van der Waals surface area contributed by atoms with Crippen LogP contribution in [0.5, 0.6) is 0 Å². The second kappa shape index (κ2) is 8.34. The van der Waals surface area contributed by atoms with Crippen molar-refractivity contribution in [2.75, 3.05) is 7.11 Å². The molecule has 2 saturated carbocycles. The quantitative estimate of drug-likeness (QED) is 0.370. The molecule has 0 unspecified atom stereocenters. The SMILES string of the molecule is COC(=O)[C@@H]1C[C@H](OC(C)=O)C(=O)[C@H]2[C@@]1(C)CC[C@H]1C(=O)O[C@H](C(=O)c3ccsc3)C[C@]21C. The highest BCUT2D eigenvalue weighted by Gasteiger charge is 2.68. The number of rotatable bonds is 4. The van der Waals surface area contributed by atoms with Crippen molar-refractivity contribution in [2.24, 2.45) is 28.6 Å². The van der Waals surface area contributed by atoms with Gasteiger partial charge in [0, 0.05) is 30.2 Å². The van der Waals surface area contributed by atoms with E-state index in [2.05, 4.69) is 0 Å². The molecule has 178 valence electrons. The maximum Gasteiger partial charge on any atom is 0.310 e. The third-order valence-corrected chi connectivity index (χ3v) is 8.68. The van der Waals surface area contributed by atoms with E-state index in [9.17, 15) is 24.0 Å². The van der Waals surface area contributed by atoms with Crippen molar-refractivity contribution in [2.45, 2.75) is 58.7 Å². The summed E-state index contributed by atoms with van der Waals surface area (Å²) in [6, 6.07) is 1.68. The molecule has 0 spiro atoms. The summed E-state index contributed by atoms with van der Waals surface area (Å²) < 4.78 is 16.0. The fourth-order valence-corrected chi connectivity index (χ4v) is 7.20. The first kappa shape index (κ1) is 23.6. The lowest BCUT2D eigenvalue weighted by Crippen LogP contribution is -2.65. The minimum Gasteiger partial charge on any atom is -0.469 e. The van der Waals surface area contributed by atoms with Crippen molar-refractivity contribution in [1.82, 2.24) is 0 Å². The van der Waals surface area contributed by atoms with E-state index in [4.69, 9.17) is 14.2 Å². The van der Waals surface area contributed by atoms with Gasteiger partial charge in [0.25, 0.3) is 0 Å². The number of cyclic esters (lactones) is 1. The smallest absolute Gasteiger partial charge is 0.310 e. The summed E-state index contributed by atoms with van der Waals surface area (Å²) in [5.74, 6) is -4.27. The number of ketones is 2. The van der Waals surface area contributed by atoms with Crippen LogP contribution in [0.25, 0.3) is 0 Å². The molecule has 9 heteroatoms. The van der Waals surface area contributed by atoms with Gasteiger partial charge in [-0.1, -0.05) is 13.8 Å². The molecule has 8 nitrogen and oxygen atoms in total. The van der Waals surface area contributed by atoms with Crippen LogP contribution in [-0.2, 0) is 33.4 Å². The number of esters is 3. The zero-order valence-electron chi connectivity index (χ0n) is 19.1. The standard InChI is InChI=1S/C24H28O8S/c1-12(25)31-16-9-15(21(28)30-4)23(2)7-5-14-22(29)32-17(18(26)13-6-8-33-11-13)10-24(14,3)20(23)19(16)27/h6,8,11,14-17,20H,5,7,9-10H2,1-4H3/t14-,15-,16-,17-,20-,23-,24-/m0/s1. The van der Waals surface area contributed by atoms with Gasteiger partial charge < -0.3 is 14.2 Å². The molecule has 0 N–H and O–H groups in total. The van der Waals surface area contributed by atoms with Crippen LogP contribution in [0, 0.1) is 28.6 Å². The topological polar surface area (TPSA) is 113 Å². The van der Waals surface area contributed by atoms with Crippen LogP contribution >= 0.6 is 11.3 Å². The lowest BCUT2D eigenvalue weighted by molar-refractivity contribution is -0.206. The second-order valence-corrected chi connectivity index (χ2v) is 10.6. The monoisotopic (exact) mass is 476 g/mol. The van der Waals surface area contributed by atoms with Gasteiger partial charge in [0.05, 0.1) is 18.9 Å². The summed E-state index contributed by atoms with van der Waals surface area (Å²) in [7, 11) is 1.29. The maximum absolute atomic E-state index is 13.8. The van der Waals surface area contributed by atoms with Gasteiger partial charge in [0.2, 0.25) is 5.78 Å². The zero-order valence-corrected chi connectivity index (χ0v) is 19.9. The van der Waals surface area contributed by atoms with Crippen LogP contribution in [0.2, 0.25) is 0 Å². The Balaban J connectivity index is 1.77. The number of methoxy groups -OCH3 is 1. The number of carbonyl (C=O) groups is 5. The highest BCUT2D eigenvalue weighted by Crippen LogP contribution is 2.64. The van der Waals surface area contributed by atoms with Crippen molar-refractivity contribution in [3.8, 4) is 0 Å². The van der Waals surface area contributed by atoms with Crippen LogP contribution < -0.4 is 0 Å². The molecule has 0 bridgehead atoms. The highest BCUT2D eigenvalue weighted by atomic mass is 32.1. The largest absolute Gasteiger partial charge is 0.469 e. The third-order valence-electron chi connectivity index (χ3n) is 7.99. The molecule has 2 aliphatic carbocycles. The van der Waals surface area contributed by atoms with Crippen LogP contribution in [0.15, 0.2) is 16.8 Å². The Hall–Kier alpha value is -2.55. The summed E-state index contributed by atoms with van der Waals surface area (Å²) in [5, 5.41) is 3.47. The van der Waals surface area contributed by atoms with Crippen molar-refractivity contribution in [3.63, 3.8) is 0 Å². The van der Waals surface area contributed by atoms with Gasteiger partial charge in [-0.2, -0.15) is 11.3 Å². The van der Waals surface area contributed by atoms with Crippen LogP contribution in [0.4, 0.5) is 0 Å². The number of hydrogen-bond acceptors (Lipinski definition) is 9. The highest BCUT2D eigenvalue weighted by molar-refractivity contribution is 7.08.